The zero-order chi connectivity index (χ0) is 21.1. The van der Waals surface area contributed by atoms with Crippen molar-refractivity contribution < 1.29 is 4.57 Å². The molecule has 0 spiro atoms. The standard InChI is InChI=1S/C25H25N5/c1-18(24-17-8-19-6-4-5-7-25(19)29(24)2)28-30(3)23-15-13-22(14-16-23)27-21-11-9-20(26)10-12-21/h4-17,26,28H,1-3H3/p+1. The lowest BCUT2D eigenvalue weighted by Crippen LogP contribution is -2.37. The lowest BCUT2D eigenvalue weighted by molar-refractivity contribution is -0.646. The second-order valence-corrected chi connectivity index (χ2v) is 7.34. The van der Waals surface area contributed by atoms with Gasteiger partial charge in [0.25, 0.3) is 0 Å². The third kappa shape index (κ3) is 4.10. The first-order valence-electron chi connectivity index (χ1n) is 9.91. The number of nitrogens with zero attached hydrogens (tertiary/aromatic N) is 3. The molecular formula is C25H26N5+. The fraction of sp³-hybridized carbons (Fsp3) is 0.120. The first-order chi connectivity index (χ1) is 14.5. The molecule has 1 aromatic heterocycles. The fourth-order valence-electron chi connectivity index (χ4n) is 3.54. The van der Waals surface area contributed by atoms with Crippen LogP contribution < -0.4 is 20.6 Å². The Labute approximate surface area is 177 Å². The smallest absolute Gasteiger partial charge is 0.228 e. The van der Waals surface area contributed by atoms with Crippen LogP contribution in [0.5, 0.6) is 0 Å². The molecule has 4 aromatic rings. The summed E-state index contributed by atoms with van der Waals surface area (Å²) in [5.74, 6) is 0. The van der Waals surface area contributed by atoms with Crippen LogP contribution >= 0.6 is 0 Å². The second-order valence-electron chi connectivity index (χ2n) is 7.34. The third-order valence-corrected chi connectivity index (χ3v) is 5.19. The average Bonchev–Trinajstić information content (AvgIpc) is 2.76. The van der Waals surface area contributed by atoms with Gasteiger partial charge in [0.1, 0.15) is 12.8 Å². The number of pyridine rings is 1. The highest BCUT2D eigenvalue weighted by Crippen LogP contribution is 2.22. The molecule has 1 heterocycles. The molecule has 30 heavy (non-hydrogen) atoms. The molecule has 150 valence electrons. The Kier molecular flexibility index (Phi) is 5.35. The van der Waals surface area contributed by atoms with Crippen LogP contribution in [0, 0.1) is 0 Å². The van der Waals surface area contributed by atoms with Crippen molar-refractivity contribution in [2.45, 2.75) is 6.92 Å². The van der Waals surface area contributed by atoms with Crippen LogP contribution in [0.15, 0.2) is 90.0 Å². The monoisotopic (exact) mass is 396 g/mol. The number of nitrogens with one attached hydrogen (secondary N) is 1. The van der Waals surface area contributed by atoms with Gasteiger partial charge in [-0.3, -0.25) is 5.01 Å². The van der Waals surface area contributed by atoms with Gasteiger partial charge in [0.15, 0.2) is 0 Å². The van der Waals surface area contributed by atoms with Gasteiger partial charge in [-0.1, -0.05) is 12.1 Å². The maximum atomic E-state index is 5.74. The van der Waals surface area contributed by atoms with E-state index in [1.807, 2.05) is 55.4 Å². The Morgan fingerprint density at radius 2 is 1.50 bits per heavy atom. The highest BCUT2D eigenvalue weighted by atomic mass is 15.4. The van der Waals surface area contributed by atoms with Crippen molar-refractivity contribution in [1.82, 2.24) is 0 Å². The number of fused-ring (bicyclic) bond motifs is 1. The van der Waals surface area contributed by atoms with Crippen LogP contribution in [0.25, 0.3) is 10.9 Å². The summed E-state index contributed by atoms with van der Waals surface area (Å²) in [6, 6.07) is 28.5. The average molecular weight is 397 g/mol. The van der Waals surface area contributed by atoms with Gasteiger partial charge in [0.05, 0.1) is 5.69 Å². The van der Waals surface area contributed by atoms with Crippen molar-refractivity contribution in [3.63, 3.8) is 0 Å². The number of hydrogen-bond acceptors (Lipinski definition) is 4. The van der Waals surface area contributed by atoms with Crippen molar-refractivity contribution in [2.24, 2.45) is 12.1 Å². The maximum Gasteiger partial charge on any atom is 0.228 e. The molecule has 0 aliphatic heterocycles. The van der Waals surface area contributed by atoms with E-state index in [0.29, 0.717) is 0 Å². The Balaban J connectivity index is 1.52. The van der Waals surface area contributed by atoms with Crippen molar-refractivity contribution in [1.29, 1.82) is 0 Å². The normalized spacial score (nSPS) is 11.5. The quantitative estimate of drug-likeness (QED) is 0.219. The predicted molar refractivity (Wildman–Crippen MR) is 126 cm³/mol. The fourth-order valence-corrected chi connectivity index (χ4v) is 3.54. The number of para-hydroxylation sites is 1. The van der Waals surface area contributed by atoms with Crippen LogP contribution in [0.1, 0.15) is 12.6 Å². The molecule has 0 amide bonds. The van der Waals surface area contributed by atoms with Crippen molar-refractivity contribution in [3.05, 3.63) is 90.6 Å². The number of aryl methyl sites for hydroxylation is 1. The number of hydrazone groups is 1. The zero-order valence-electron chi connectivity index (χ0n) is 17.5. The molecule has 0 saturated carbocycles. The van der Waals surface area contributed by atoms with Gasteiger partial charge in [-0.2, -0.15) is 9.67 Å². The number of aromatic nitrogens is 1. The summed E-state index contributed by atoms with van der Waals surface area (Å²) in [5, 5.41) is 11.3. The van der Waals surface area contributed by atoms with Crippen LogP contribution in [0.2, 0.25) is 0 Å². The number of rotatable bonds is 5. The minimum absolute atomic E-state index is 0.755. The largest absolute Gasteiger partial charge is 0.399 e. The highest BCUT2D eigenvalue weighted by Gasteiger charge is 2.15. The van der Waals surface area contributed by atoms with Crippen LogP contribution in [-0.2, 0) is 7.05 Å². The SMILES string of the molecule is C/C(=N\N(C)c1ccc(Nc2ccc(N)cc2)cc1)c1ccc2ccccc2[n+]1C. The molecule has 0 aliphatic carbocycles. The predicted octanol–water partition coefficient (Wildman–Crippen LogP) is 4.85. The maximum absolute atomic E-state index is 5.74. The molecule has 5 heteroatoms. The van der Waals surface area contributed by atoms with Crippen LogP contribution in [-0.4, -0.2) is 12.8 Å². The Bertz CT molecular complexity index is 1190. The van der Waals surface area contributed by atoms with E-state index in [9.17, 15) is 0 Å². The first-order valence-corrected chi connectivity index (χ1v) is 9.91. The number of benzene rings is 3. The summed E-state index contributed by atoms with van der Waals surface area (Å²) >= 11 is 0. The number of nitrogen functional groups attached to an aromatic ring is 1. The van der Waals surface area contributed by atoms with E-state index in [2.05, 4.69) is 65.5 Å². The summed E-state index contributed by atoms with van der Waals surface area (Å²) in [5.41, 5.74) is 12.8. The van der Waals surface area contributed by atoms with E-state index in [4.69, 9.17) is 10.8 Å². The van der Waals surface area contributed by atoms with Crippen molar-refractivity contribution in [2.75, 3.05) is 23.1 Å². The van der Waals surface area contributed by atoms with Gasteiger partial charge >= 0.3 is 0 Å². The third-order valence-electron chi connectivity index (χ3n) is 5.19. The summed E-state index contributed by atoms with van der Waals surface area (Å²) in [4.78, 5) is 0. The van der Waals surface area contributed by atoms with Crippen LogP contribution in [0.3, 0.4) is 0 Å². The minimum Gasteiger partial charge on any atom is -0.399 e. The molecular weight excluding hydrogens is 370 g/mol. The second kappa shape index (κ2) is 8.25. The van der Waals surface area contributed by atoms with E-state index in [0.717, 1.165) is 34.2 Å². The van der Waals surface area contributed by atoms with Gasteiger partial charge < -0.3 is 11.1 Å². The molecule has 0 unspecified atom stereocenters. The molecule has 0 atom stereocenters. The number of hydrogen-bond donors (Lipinski definition) is 2. The van der Waals surface area contributed by atoms with Crippen molar-refractivity contribution >= 4 is 39.4 Å². The molecule has 0 fully saturated rings. The minimum atomic E-state index is 0.755. The van der Waals surface area contributed by atoms with Gasteiger partial charge in [-0.25, -0.2) is 0 Å². The van der Waals surface area contributed by atoms with Gasteiger partial charge in [0.2, 0.25) is 11.2 Å². The highest BCUT2D eigenvalue weighted by molar-refractivity contribution is 5.97. The molecule has 0 radical (unpaired) electrons. The summed E-state index contributed by atoms with van der Waals surface area (Å²) in [6.07, 6.45) is 0. The van der Waals surface area contributed by atoms with E-state index in [1.54, 1.807) is 0 Å². The summed E-state index contributed by atoms with van der Waals surface area (Å²) in [7, 11) is 4.04. The van der Waals surface area contributed by atoms with E-state index >= 15 is 0 Å². The molecule has 3 N–H and O–H groups in total. The van der Waals surface area contributed by atoms with E-state index < -0.39 is 0 Å². The Morgan fingerprint density at radius 3 is 2.20 bits per heavy atom. The summed E-state index contributed by atoms with van der Waals surface area (Å²) < 4.78 is 2.18. The van der Waals surface area contributed by atoms with Crippen molar-refractivity contribution in [3.8, 4) is 0 Å². The number of nitrogens with two attached hydrogens (primary N) is 1. The molecule has 5 nitrogen and oxygen atoms in total. The topological polar surface area (TPSA) is 57.5 Å². The zero-order valence-corrected chi connectivity index (χ0v) is 17.5. The lowest BCUT2D eigenvalue weighted by Gasteiger charge is -2.15. The molecule has 0 aliphatic rings. The molecule has 0 bridgehead atoms. The molecule has 0 saturated heterocycles. The Hall–Kier alpha value is -3.86. The Morgan fingerprint density at radius 1 is 0.867 bits per heavy atom. The van der Waals surface area contributed by atoms with Gasteiger partial charge in [0, 0.05) is 41.6 Å². The van der Waals surface area contributed by atoms with E-state index in [1.165, 1.54) is 10.9 Å². The van der Waals surface area contributed by atoms with Gasteiger partial charge in [-0.15, -0.1) is 0 Å². The number of anilines is 4. The van der Waals surface area contributed by atoms with Crippen LogP contribution in [0.4, 0.5) is 22.7 Å². The molecule has 3 aromatic carbocycles. The summed E-state index contributed by atoms with van der Waals surface area (Å²) in [6.45, 7) is 2.04. The van der Waals surface area contributed by atoms with Gasteiger partial charge in [-0.05, 0) is 67.6 Å². The molecule has 4 rings (SSSR count). The first kappa shape index (κ1) is 19.5. The lowest BCUT2D eigenvalue weighted by atomic mass is 10.1. The van der Waals surface area contributed by atoms with E-state index in [-0.39, 0.29) is 0 Å².